The molecule has 2 aromatic rings. The van der Waals surface area contributed by atoms with Crippen LogP contribution in [-0.4, -0.2) is 59.9 Å². The lowest BCUT2D eigenvalue weighted by molar-refractivity contribution is 0.189. The van der Waals surface area contributed by atoms with Crippen molar-refractivity contribution >= 4 is 17.6 Å². The Morgan fingerprint density at radius 2 is 1.79 bits per heavy atom. The van der Waals surface area contributed by atoms with E-state index < -0.39 is 0 Å². The highest BCUT2D eigenvalue weighted by Gasteiger charge is 2.35. The SMILES string of the molecule is O=C1Nc2ccccc2C2=NC(CNC3CCN(Cc4ccccc4)CC3)CN12. The molecule has 2 amide bonds. The zero-order chi connectivity index (χ0) is 19.6. The number of para-hydroxylation sites is 1. The molecule has 1 saturated heterocycles. The number of amidine groups is 1. The molecule has 0 aliphatic carbocycles. The second-order valence-electron chi connectivity index (χ2n) is 8.14. The molecule has 3 aliphatic rings. The van der Waals surface area contributed by atoms with E-state index in [1.54, 1.807) is 4.90 Å². The summed E-state index contributed by atoms with van der Waals surface area (Å²) >= 11 is 0. The quantitative estimate of drug-likeness (QED) is 0.827. The summed E-state index contributed by atoms with van der Waals surface area (Å²) in [6.45, 7) is 4.74. The second kappa shape index (κ2) is 7.97. The fraction of sp³-hybridized carbons (Fsp3) is 0.391. The summed E-state index contributed by atoms with van der Waals surface area (Å²) < 4.78 is 0. The van der Waals surface area contributed by atoms with Crippen molar-refractivity contribution < 1.29 is 4.79 Å². The molecule has 5 rings (SSSR count). The van der Waals surface area contributed by atoms with Crippen LogP contribution in [0.4, 0.5) is 10.5 Å². The number of fused-ring (bicyclic) bond motifs is 3. The minimum atomic E-state index is -0.0702. The van der Waals surface area contributed by atoms with Crippen LogP contribution < -0.4 is 10.6 Å². The number of nitrogens with one attached hydrogen (secondary N) is 2. The number of amides is 2. The van der Waals surface area contributed by atoms with Crippen LogP contribution in [0.2, 0.25) is 0 Å². The van der Waals surface area contributed by atoms with Gasteiger partial charge in [0.05, 0.1) is 18.3 Å². The number of hydrogen-bond acceptors (Lipinski definition) is 4. The Morgan fingerprint density at radius 1 is 1.03 bits per heavy atom. The topological polar surface area (TPSA) is 60.0 Å². The summed E-state index contributed by atoms with van der Waals surface area (Å²) in [5.74, 6) is 0.814. The zero-order valence-electron chi connectivity index (χ0n) is 16.6. The molecular weight excluding hydrogens is 362 g/mol. The Balaban J connectivity index is 1.14. The second-order valence-corrected chi connectivity index (χ2v) is 8.14. The maximum absolute atomic E-state index is 12.4. The summed E-state index contributed by atoms with van der Waals surface area (Å²) in [5.41, 5.74) is 3.26. The molecule has 1 fully saturated rings. The molecule has 0 radical (unpaired) electrons. The minimum Gasteiger partial charge on any atom is -0.312 e. The minimum absolute atomic E-state index is 0.0702. The van der Waals surface area contributed by atoms with E-state index in [1.165, 1.54) is 5.56 Å². The Bertz CT molecular complexity index is 904. The number of carbonyl (C=O) groups is 1. The molecule has 6 nitrogen and oxygen atoms in total. The molecule has 29 heavy (non-hydrogen) atoms. The summed E-state index contributed by atoms with van der Waals surface area (Å²) in [5, 5.41) is 6.67. The predicted octanol–water partition coefficient (Wildman–Crippen LogP) is 2.92. The maximum atomic E-state index is 12.4. The van der Waals surface area contributed by atoms with Crippen LogP contribution in [0.1, 0.15) is 24.0 Å². The van der Waals surface area contributed by atoms with E-state index in [9.17, 15) is 4.79 Å². The summed E-state index contributed by atoms with van der Waals surface area (Å²) in [7, 11) is 0. The lowest BCUT2D eigenvalue weighted by Gasteiger charge is -2.33. The number of nitrogens with zero attached hydrogens (tertiary/aromatic N) is 3. The Labute approximate surface area is 171 Å². The molecule has 0 aromatic heterocycles. The van der Waals surface area contributed by atoms with Gasteiger partial charge >= 0.3 is 6.03 Å². The van der Waals surface area contributed by atoms with Crippen LogP contribution in [0.25, 0.3) is 0 Å². The first-order valence-electron chi connectivity index (χ1n) is 10.5. The summed E-state index contributed by atoms with van der Waals surface area (Å²) in [4.78, 5) is 21.6. The predicted molar refractivity (Wildman–Crippen MR) is 115 cm³/mol. The van der Waals surface area contributed by atoms with E-state index >= 15 is 0 Å². The molecular formula is C23H27N5O. The number of benzene rings is 2. The molecule has 0 spiro atoms. The Morgan fingerprint density at radius 3 is 2.62 bits per heavy atom. The monoisotopic (exact) mass is 389 g/mol. The Hall–Kier alpha value is -2.70. The highest BCUT2D eigenvalue weighted by molar-refractivity contribution is 6.19. The van der Waals surface area contributed by atoms with Crippen molar-refractivity contribution in [2.24, 2.45) is 4.99 Å². The van der Waals surface area contributed by atoms with Crippen molar-refractivity contribution in [2.75, 3.05) is 31.5 Å². The molecule has 1 unspecified atom stereocenters. The van der Waals surface area contributed by atoms with Crippen LogP contribution in [0, 0.1) is 0 Å². The van der Waals surface area contributed by atoms with Crippen molar-refractivity contribution in [3.05, 3.63) is 65.7 Å². The lowest BCUT2D eigenvalue weighted by atomic mass is 10.0. The van der Waals surface area contributed by atoms with Crippen LogP contribution in [0.15, 0.2) is 59.6 Å². The van der Waals surface area contributed by atoms with Crippen LogP contribution in [0.3, 0.4) is 0 Å². The molecule has 3 aliphatic heterocycles. The van der Waals surface area contributed by atoms with Crippen LogP contribution in [0.5, 0.6) is 0 Å². The first-order chi connectivity index (χ1) is 14.3. The number of hydrogen-bond donors (Lipinski definition) is 2. The average molecular weight is 390 g/mol. The van der Waals surface area contributed by atoms with E-state index in [0.717, 1.165) is 56.1 Å². The molecule has 3 heterocycles. The normalized spacial score (nSPS) is 22.1. The van der Waals surface area contributed by atoms with Gasteiger partial charge < -0.3 is 10.6 Å². The number of urea groups is 1. The standard InChI is InChI=1S/C23H27N5O/c29-23-26-21-9-5-4-8-20(21)22-25-19(16-28(22)23)14-24-18-10-12-27(13-11-18)15-17-6-2-1-3-7-17/h1-9,18-19,24H,10-16H2,(H,26,29). The number of carbonyl (C=O) groups excluding carboxylic acids is 1. The van der Waals surface area contributed by atoms with Gasteiger partial charge in [-0.15, -0.1) is 0 Å². The van der Waals surface area contributed by atoms with Gasteiger partial charge in [-0.05, 0) is 43.6 Å². The molecule has 2 aromatic carbocycles. The van der Waals surface area contributed by atoms with Gasteiger partial charge in [0.25, 0.3) is 0 Å². The van der Waals surface area contributed by atoms with Crippen molar-refractivity contribution in [1.29, 1.82) is 0 Å². The van der Waals surface area contributed by atoms with Crippen molar-refractivity contribution in [3.63, 3.8) is 0 Å². The fourth-order valence-corrected chi connectivity index (χ4v) is 4.49. The summed E-state index contributed by atoms with van der Waals surface area (Å²) in [6, 6.07) is 19.2. The highest BCUT2D eigenvalue weighted by Crippen LogP contribution is 2.27. The Kier molecular flexibility index (Phi) is 5.04. The van der Waals surface area contributed by atoms with Gasteiger partial charge in [0.15, 0.2) is 0 Å². The van der Waals surface area contributed by atoms with Crippen LogP contribution >= 0.6 is 0 Å². The van der Waals surface area contributed by atoms with Crippen molar-refractivity contribution in [1.82, 2.24) is 15.1 Å². The van der Waals surface area contributed by atoms with Gasteiger partial charge in [0, 0.05) is 24.7 Å². The van der Waals surface area contributed by atoms with Gasteiger partial charge in [-0.1, -0.05) is 42.5 Å². The van der Waals surface area contributed by atoms with E-state index in [2.05, 4.69) is 45.9 Å². The van der Waals surface area contributed by atoms with E-state index in [1.807, 2.05) is 24.3 Å². The highest BCUT2D eigenvalue weighted by atomic mass is 16.2. The zero-order valence-corrected chi connectivity index (χ0v) is 16.6. The van der Waals surface area contributed by atoms with E-state index in [0.29, 0.717) is 12.6 Å². The molecule has 6 heteroatoms. The van der Waals surface area contributed by atoms with E-state index in [4.69, 9.17) is 4.99 Å². The third kappa shape index (κ3) is 3.91. The number of likely N-dealkylation sites (tertiary alicyclic amines) is 1. The van der Waals surface area contributed by atoms with Gasteiger partial charge in [0.2, 0.25) is 0 Å². The lowest BCUT2D eigenvalue weighted by Crippen LogP contribution is -2.46. The van der Waals surface area contributed by atoms with Gasteiger partial charge in [-0.25, -0.2) is 4.79 Å². The van der Waals surface area contributed by atoms with Gasteiger partial charge in [-0.2, -0.15) is 0 Å². The van der Waals surface area contributed by atoms with Gasteiger partial charge in [0.1, 0.15) is 5.84 Å². The first kappa shape index (κ1) is 18.3. The molecule has 0 bridgehead atoms. The largest absolute Gasteiger partial charge is 0.327 e. The smallest absolute Gasteiger partial charge is 0.312 e. The third-order valence-electron chi connectivity index (χ3n) is 6.09. The maximum Gasteiger partial charge on any atom is 0.327 e. The molecule has 150 valence electrons. The van der Waals surface area contributed by atoms with Crippen molar-refractivity contribution in [3.8, 4) is 0 Å². The third-order valence-corrected chi connectivity index (χ3v) is 6.09. The number of piperidine rings is 1. The molecule has 1 atom stereocenters. The summed E-state index contributed by atoms with van der Waals surface area (Å²) in [6.07, 6.45) is 2.31. The van der Waals surface area contributed by atoms with Crippen LogP contribution in [-0.2, 0) is 6.54 Å². The number of anilines is 1. The number of rotatable bonds is 5. The van der Waals surface area contributed by atoms with Gasteiger partial charge in [-0.3, -0.25) is 14.8 Å². The van der Waals surface area contributed by atoms with E-state index in [-0.39, 0.29) is 12.1 Å². The fourth-order valence-electron chi connectivity index (χ4n) is 4.49. The molecule has 0 saturated carbocycles. The number of aliphatic imine (C=N–C) groups is 1. The average Bonchev–Trinajstić information content (AvgIpc) is 3.19. The first-order valence-corrected chi connectivity index (χ1v) is 10.5. The molecule has 2 N–H and O–H groups in total. The van der Waals surface area contributed by atoms with Crippen molar-refractivity contribution in [2.45, 2.75) is 31.5 Å².